The normalized spacial score (nSPS) is 12.8. The average molecular weight is 381 g/mol. The lowest BCUT2D eigenvalue weighted by Crippen LogP contribution is -2.30. The minimum atomic E-state index is -0.310. The van der Waals surface area contributed by atoms with Gasteiger partial charge in [0.05, 0.1) is 22.2 Å². The van der Waals surface area contributed by atoms with E-state index in [0.717, 1.165) is 20.3 Å². The quantitative estimate of drug-likeness (QED) is 0.795. The third kappa shape index (κ3) is 4.53. The Balaban J connectivity index is 2.58. The second kappa shape index (κ2) is 7.48. The molecule has 1 unspecified atom stereocenters. The van der Waals surface area contributed by atoms with E-state index in [4.69, 9.17) is 4.74 Å². The molecule has 0 bridgehead atoms. The molecule has 0 aliphatic carbocycles. The van der Waals surface area contributed by atoms with Crippen molar-refractivity contribution in [3.8, 4) is 5.75 Å². The molecule has 0 aliphatic rings. The molecule has 2 N–H and O–H groups in total. The summed E-state index contributed by atoms with van der Waals surface area (Å²) in [7, 11) is 1.64. The number of halogens is 2. The highest BCUT2D eigenvalue weighted by Crippen LogP contribution is 2.34. The van der Waals surface area contributed by atoms with Gasteiger partial charge in [0.25, 0.3) is 0 Å². The van der Waals surface area contributed by atoms with Crippen LogP contribution in [-0.2, 0) is 6.54 Å². The van der Waals surface area contributed by atoms with Gasteiger partial charge in [-0.1, -0.05) is 13.8 Å². The van der Waals surface area contributed by atoms with Crippen LogP contribution in [0.15, 0.2) is 21.1 Å². The largest absolute Gasteiger partial charge is 0.494 e. The maximum Gasteiger partial charge on any atom is 0.147 e. The van der Waals surface area contributed by atoms with Gasteiger partial charge in [0.15, 0.2) is 0 Å². The van der Waals surface area contributed by atoms with Crippen molar-refractivity contribution in [3.05, 3.63) is 26.6 Å². The van der Waals surface area contributed by atoms with Gasteiger partial charge in [-0.3, -0.25) is 0 Å². The Kier molecular flexibility index (Phi) is 6.63. The highest BCUT2D eigenvalue weighted by atomic mass is 79.9. The van der Waals surface area contributed by atoms with Crippen molar-refractivity contribution >= 4 is 31.9 Å². The fraction of sp³-hybridized carbons (Fsp3) is 0.538. The molecule has 0 spiro atoms. The third-order valence-electron chi connectivity index (χ3n) is 2.71. The summed E-state index contributed by atoms with van der Waals surface area (Å²) in [5.74, 6) is 1.06. The van der Waals surface area contributed by atoms with E-state index in [9.17, 15) is 5.11 Å². The van der Waals surface area contributed by atoms with E-state index >= 15 is 0 Å². The summed E-state index contributed by atoms with van der Waals surface area (Å²) in [6.07, 6.45) is -0.310. The zero-order valence-corrected chi connectivity index (χ0v) is 14.0. The highest BCUT2D eigenvalue weighted by Gasteiger charge is 2.10. The van der Waals surface area contributed by atoms with Gasteiger partial charge in [-0.05, 0) is 55.5 Å². The zero-order chi connectivity index (χ0) is 13.7. The van der Waals surface area contributed by atoms with Gasteiger partial charge in [-0.15, -0.1) is 0 Å². The number of benzene rings is 1. The lowest BCUT2D eigenvalue weighted by molar-refractivity contribution is 0.123. The summed E-state index contributed by atoms with van der Waals surface area (Å²) in [5, 5.41) is 12.9. The number of hydrogen-bond acceptors (Lipinski definition) is 3. The predicted octanol–water partition coefficient (Wildman–Crippen LogP) is 3.33. The van der Waals surface area contributed by atoms with Gasteiger partial charge in [-0.2, -0.15) is 0 Å². The number of methoxy groups -OCH3 is 1. The lowest BCUT2D eigenvalue weighted by Gasteiger charge is -2.15. The van der Waals surface area contributed by atoms with Crippen LogP contribution in [0.2, 0.25) is 0 Å². The topological polar surface area (TPSA) is 41.5 Å². The van der Waals surface area contributed by atoms with Crippen LogP contribution < -0.4 is 10.1 Å². The predicted molar refractivity (Wildman–Crippen MR) is 80.9 cm³/mol. The van der Waals surface area contributed by atoms with Crippen LogP contribution in [0.5, 0.6) is 5.75 Å². The van der Waals surface area contributed by atoms with E-state index in [0.29, 0.717) is 13.1 Å². The van der Waals surface area contributed by atoms with Gasteiger partial charge in [0.1, 0.15) is 5.75 Å². The summed E-state index contributed by atoms with van der Waals surface area (Å²) < 4.78 is 7.09. The van der Waals surface area contributed by atoms with Crippen molar-refractivity contribution in [1.29, 1.82) is 0 Å². The van der Waals surface area contributed by atoms with Crippen LogP contribution in [0.4, 0.5) is 0 Å². The second-order valence-corrected chi connectivity index (χ2v) is 6.24. The van der Waals surface area contributed by atoms with Crippen molar-refractivity contribution in [2.75, 3.05) is 13.7 Å². The molecule has 102 valence electrons. The van der Waals surface area contributed by atoms with Crippen molar-refractivity contribution in [3.63, 3.8) is 0 Å². The van der Waals surface area contributed by atoms with E-state index in [2.05, 4.69) is 37.2 Å². The molecule has 0 heterocycles. The minimum Gasteiger partial charge on any atom is -0.494 e. The first kappa shape index (κ1) is 16.0. The first-order valence-corrected chi connectivity index (χ1v) is 7.45. The molecule has 0 saturated carbocycles. The molecule has 0 aliphatic heterocycles. The maximum absolute atomic E-state index is 9.69. The monoisotopic (exact) mass is 379 g/mol. The van der Waals surface area contributed by atoms with Gasteiger partial charge in [0.2, 0.25) is 0 Å². The number of rotatable bonds is 6. The molecule has 0 saturated heterocycles. The Morgan fingerprint density at radius 2 is 1.83 bits per heavy atom. The van der Waals surface area contributed by atoms with Gasteiger partial charge >= 0.3 is 0 Å². The van der Waals surface area contributed by atoms with Crippen LogP contribution >= 0.6 is 31.9 Å². The molecule has 1 aromatic rings. The summed E-state index contributed by atoms with van der Waals surface area (Å²) in [6, 6.07) is 4.02. The molecule has 1 atom stereocenters. The standard InChI is InChI=1S/C13H19Br2NO2/c1-8(2)12(17)7-16-6-9-4-10(14)13(18-3)11(15)5-9/h4-5,8,12,16-17H,6-7H2,1-3H3. The van der Waals surface area contributed by atoms with Gasteiger partial charge < -0.3 is 15.2 Å². The van der Waals surface area contributed by atoms with Crippen molar-refractivity contribution in [2.45, 2.75) is 26.5 Å². The summed E-state index contributed by atoms with van der Waals surface area (Å²) in [5.41, 5.74) is 1.13. The first-order valence-electron chi connectivity index (χ1n) is 5.86. The lowest BCUT2D eigenvalue weighted by atomic mass is 10.1. The van der Waals surface area contributed by atoms with Gasteiger partial charge in [0, 0.05) is 13.1 Å². The Morgan fingerprint density at radius 3 is 2.28 bits per heavy atom. The Bertz CT molecular complexity index is 374. The molecule has 0 amide bonds. The van der Waals surface area contributed by atoms with E-state index in [1.807, 2.05) is 26.0 Å². The van der Waals surface area contributed by atoms with Crippen LogP contribution in [0.3, 0.4) is 0 Å². The third-order valence-corrected chi connectivity index (χ3v) is 3.89. The molecular weight excluding hydrogens is 362 g/mol. The Hall–Kier alpha value is -0.100. The van der Waals surface area contributed by atoms with E-state index < -0.39 is 0 Å². The van der Waals surface area contributed by atoms with E-state index in [-0.39, 0.29) is 12.0 Å². The molecule has 3 nitrogen and oxygen atoms in total. The maximum atomic E-state index is 9.69. The first-order chi connectivity index (χ1) is 8.45. The fourth-order valence-corrected chi connectivity index (χ4v) is 3.11. The van der Waals surface area contributed by atoms with Crippen LogP contribution in [0, 0.1) is 5.92 Å². The molecule has 1 rings (SSSR count). The molecule has 1 aromatic carbocycles. The van der Waals surface area contributed by atoms with E-state index in [1.165, 1.54) is 0 Å². The van der Waals surface area contributed by atoms with Crippen molar-refractivity contribution < 1.29 is 9.84 Å². The summed E-state index contributed by atoms with van der Waals surface area (Å²) in [4.78, 5) is 0. The Labute approximate surface area is 125 Å². The molecular formula is C13H19Br2NO2. The van der Waals surface area contributed by atoms with Gasteiger partial charge in [-0.25, -0.2) is 0 Å². The fourth-order valence-electron chi connectivity index (χ4n) is 1.51. The summed E-state index contributed by atoms with van der Waals surface area (Å²) >= 11 is 6.94. The minimum absolute atomic E-state index is 0.270. The number of nitrogens with one attached hydrogen (secondary N) is 1. The molecule has 0 fully saturated rings. The van der Waals surface area contributed by atoms with Crippen molar-refractivity contribution in [1.82, 2.24) is 5.32 Å². The molecule has 18 heavy (non-hydrogen) atoms. The number of ether oxygens (including phenoxy) is 1. The second-order valence-electron chi connectivity index (χ2n) is 4.53. The zero-order valence-electron chi connectivity index (χ0n) is 10.8. The number of hydrogen-bond donors (Lipinski definition) is 2. The van der Waals surface area contributed by atoms with Crippen molar-refractivity contribution in [2.24, 2.45) is 5.92 Å². The van der Waals surface area contributed by atoms with Crippen LogP contribution in [-0.4, -0.2) is 24.9 Å². The molecule has 0 radical (unpaired) electrons. The van der Waals surface area contributed by atoms with Crippen LogP contribution in [0.25, 0.3) is 0 Å². The average Bonchev–Trinajstić information content (AvgIpc) is 2.28. The smallest absolute Gasteiger partial charge is 0.147 e. The number of aliphatic hydroxyl groups is 1. The number of aliphatic hydroxyl groups excluding tert-OH is 1. The highest BCUT2D eigenvalue weighted by molar-refractivity contribution is 9.11. The molecule has 5 heteroatoms. The van der Waals surface area contributed by atoms with Crippen LogP contribution in [0.1, 0.15) is 19.4 Å². The summed E-state index contributed by atoms with van der Waals surface area (Å²) in [6.45, 7) is 5.32. The Morgan fingerprint density at radius 1 is 1.28 bits per heavy atom. The van der Waals surface area contributed by atoms with E-state index in [1.54, 1.807) is 7.11 Å². The molecule has 0 aromatic heterocycles. The SMILES string of the molecule is COc1c(Br)cc(CNCC(O)C(C)C)cc1Br.